The quantitative estimate of drug-likeness (QED) is 0.791. The van der Waals surface area contributed by atoms with E-state index in [1.807, 2.05) is 36.5 Å². The van der Waals surface area contributed by atoms with Crippen molar-refractivity contribution < 1.29 is 4.74 Å². The number of methoxy groups -OCH3 is 1. The average Bonchev–Trinajstić information content (AvgIpc) is 3.31. The fraction of sp³-hybridized carbons (Fsp3) is 0.250. The summed E-state index contributed by atoms with van der Waals surface area (Å²) in [5.74, 6) is 0.866. The van der Waals surface area contributed by atoms with Crippen molar-refractivity contribution in [2.45, 2.75) is 18.9 Å². The number of nitrogens with one attached hydrogen (secondary N) is 1. The molecule has 3 aromatic rings. The van der Waals surface area contributed by atoms with Gasteiger partial charge in [-0.15, -0.1) is 0 Å². The van der Waals surface area contributed by atoms with Crippen LogP contribution in [0, 0.1) is 0 Å². The molecule has 122 valence electrons. The molecule has 24 heavy (non-hydrogen) atoms. The Hall–Kier alpha value is -2.59. The van der Waals surface area contributed by atoms with Gasteiger partial charge in [-0.05, 0) is 49.2 Å². The van der Waals surface area contributed by atoms with Gasteiger partial charge >= 0.3 is 0 Å². The normalized spacial score (nSPS) is 17.1. The van der Waals surface area contributed by atoms with Crippen LogP contribution in [0.4, 0.5) is 0 Å². The second kappa shape index (κ2) is 6.49. The van der Waals surface area contributed by atoms with E-state index in [0.717, 1.165) is 35.5 Å². The van der Waals surface area contributed by atoms with Gasteiger partial charge in [-0.2, -0.15) is 5.10 Å². The molecule has 0 aliphatic carbocycles. The first-order valence-electron chi connectivity index (χ1n) is 8.38. The van der Waals surface area contributed by atoms with Gasteiger partial charge in [-0.1, -0.05) is 30.3 Å². The number of ether oxygens (including phenoxy) is 1. The fourth-order valence-electron chi connectivity index (χ4n) is 3.40. The topological polar surface area (TPSA) is 39.1 Å². The highest BCUT2D eigenvalue weighted by Gasteiger charge is 2.25. The molecule has 4 nitrogen and oxygen atoms in total. The first kappa shape index (κ1) is 15.0. The van der Waals surface area contributed by atoms with E-state index in [2.05, 4.69) is 34.3 Å². The maximum Gasteiger partial charge on any atom is 0.119 e. The molecule has 4 heteroatoms. The van der Waals surface area contributed by atoms with E-state index >= 15 is 0 Å². The molecular weight excluding hydrogens is 298 g/mol. The molecule has 1 fully saturated rings. The van der Waals surface area contributed by atoms with Crippen LogP contribution in [0.15, 0.2) is 60.8 Å². The highest BCUT2D eigenvalue weighted by Crippen LogP contribution is 2.35. The molecule has 1 saturated heterocycles. The minimum absolute atomic E-state index is 0.328. The number of para-hydroxylation sites is 1. The first-order valence-corrected chi connectivity index (χ1v) is 8.38. The lowest BCUT2D eigenvalue weighted by molar-refractivity contribution is 0.415. The Morgan fingerprint density at radius 1 is 1.12 bits per heavy atom. The molecule has 1 N–H and O–H groups in total. The van der Waals surface area contributed by atoms with E-state index in [4.69, 9.17) is 9.84 Å². The van der Waals surface area contributed by atoms with Crippen LogP contribution in [-0.4, -0.2) is 23.4 Å². The number of aromatic nitrogens is 2. The second-order valence-electron chi connectivity index (χ2n) is 6.07. The van der Waals surface area contributed by atoms with Crippen molar-refractivity contribution >= 4 is 0 Å². The summed E-state index contributed by atoms with van der Waals surface area (Å²) in [6, 6.07) is 18.8. The lowest BCUT2D eigenvalue weighted by Gasteiger charge is -2.16. The highest BCUT2D eigenvalue weighted by molar-refractivity contribution is 5.68. The van der Waals surface area contributed by atoms with Crippen molar-refractivity contribution in [2.24, 2.45) is 0 Å². The van der Waals surface area contributed by atoms with E-state index in [-0.39, 0.29) is 0 Å². The highest BCUT2D eigenvalue weighted by atomic mass is 16.5. The van der Waals surface area contributed by atoms with Crippen molar-refractivity contribution in [3.05, 3.63) is 66.5 Å². The minimum Gasteiger partial charge on any atom is -0.497 e. The molecule has 0 radical (unpaired) electrons. The molecule has 0 spiro atoms. The third kappa shape index (κ3) is 2.69. The predicted octanol–water partition coefficient (Wildman–Crippen LogP) is 3.97. The van der Waals surface area contributed by atoms with Crippen LogP contribution < -0.4 is 10.1 Å². The maximum atomic E-state index is 5.39. The Kier molecular flexibility index (Phi) is 4.05. The number of hydrogen-bond donors (Lipinski definition) is 1. The van der Waals surface area contributed by atoms with Crippen molar-refractivity contribution in [2.75, 3.05) is 13.7 Å². The molecule has 0 saturated carbocycles. The second-order valence-corrected chi connectivity index (χ2v) is 6.07. The molecule has 0 bridgehead atoms. The Balaban J connectivity index is 1.86. The van der Waals surface area contributed by atoms with Gasteiger partial charge < -0.3 is 10.1 Å². The van der Waals surface area contributed by atoms with Crippen LogP contribution in [-0.2, 0) is 0 Å². The standard InChI is InChI=1S/C20H21N3O/c1-24-17-10-5-7-15(13-17)18-14-22-23(16-8-3-2-4-9-16)20(18)19-11-6-12-21-19/h2-5,7-10,13-14,19,21H,6,11-12H2,1H3. The van der Waals surface area contributed by atoms with Gasteiger partial charge in [0.2, 0.25) is 0 Å². The van der Waals surface area contributed by atoms with Crippen LogP contribution >= 0.6 is 0 Å². The van der Waals surface area contributed by atoms with E-state index in [1.54, 1.807) is 7.11 Å². The summed E-state index contributed by atoms with van der Waals surface area (Å²) < 4.78 is 7.46. The van der Waals surface area contributed by atoms with Gasteiger partial charge in [0, 0.05) is 5.56 Å². The summed E-state index contributed by atoms with van der Waals surface area (Å²) in [4.78, 5) is 0. The van der Waals surface area contributed by atoms with Gasteiger partial charge in [0.25, 0.3) is 0 Å². The molecule has 1 aliphatic rings. The van der Waals surface area contributed by atoms with Crippen LogP contribution in [0.5, 0.6) is 5.75 Å². The lowest BCUT2D eigenvalue weighted by Crippen LogP contribution is -2.17. The van der Waals surface area contributed by atoms with Crippen LogP contribution in [0.3, 0.4) is 0 Å². The van der Waals surface area contributed by atoms with Gasteiger partial charge in [-0.25, -0.2) is 4.68 Å². The Morgan fingerprint density at radius 2 is 2.00 bits per heavy atom. The van der Waals surface area contributed by atoms with Crippen molar-refractivity contribution in [1.29, 1.82) is 0 Å². The largest absolute Gasteiger partial charge is 0.497 e. The van der Waals surface area contributed by atoms with Gasteiger partial charge in [0.05, 0.1) is 30.7 Å². The summed E-state index contributed by atoms with van der Waals surface area (Å²) in [5, 5.41) is 8.31. The monoisotopic (exact) mass is 319 g/mol. The first-order chi connectivity index (χ1) is 11.9. The summed E-state index contributed by atoms with van der Waals surface area (Å²) in [6.07, 6.45) is 4.30. The summed E-state index contributed by atoms with van der Waals surface area (Å²) in [5.41, 5.74) is 4.62. The molecule has 4 rings (SSSR count). The Labute approximate surface area is 142 Å². The zero-order valence-corrected chi connectivity index (χ0v) is 13.8. The molecule has 1 aliphatic heterocycles. The number of benzene rings is 2. The number of rotatable bonds is 4. The smallest absolute Gasteiger partial charge is 0.119 e. The fourth-order valence-corrected chi connectivity index (χ4v) is 3.40. The van der Waals surface area contributed by atoms with Crippen molar-refractivity contribution in [3.63, 3.8) is 0 Å². The maximum absolute atomic E-state index is 5.39. The Bertz CT molecular complexity index is 820. The SMILES string of the molecule is COc1cccc(-c2cnn(-c3ccccc3)c2C2CCCN2)c1. The predicted molar refractivity (Wildman–Crippen MR) is 95.5 cm³/mol. The summed E-state index contributed by atoms with van der Waals surface area (Å²) in [7, 11) is 1.70. The van der Waals surface area contributed by atoms with Crippen LogP contribution in [0.25, 0.3) is 16.8 Å². The van der Waals surface area contributed by atoms with Crippen LogP contribution in [0.2, 0.25) is 0 Å². The molecule has 1 aromatic heterocycles. The molecule has 0 amide bonds. The Morgan fingerprint density at radius 3 is 2.75 bits per heavy atom. The number of nitrogens with zero attached hydrogens (tertiary/aromatic N) is 2. The zero-order valence-electron chi connectivity index (χ0n) is 13.8. The van der Waals surface area contributed by atoms with Gasteiger partial charge in [0.1, 0.15) is 5.75 Å². The zero-order chi connectivity index (χ0) is 16.4. The van der Waals surface area contributed by atoms with E-state index < -0.39 is 0 Å². The van der Waals surface area contributed by atoms with Crippen LogP contribution in [0.1, 0.15) is 24.6 Å². The van der Waals surface area contributed by atoms with Gasteiger partial charge in [-0.3, -0.25) is 0 Å². The third-order valence-corrected chi connectivity index (χ3v) is 4.58. The third-order valence-electron chi connectivity index (χ3n) is 4.58. The molecular formula is C20H21N3O. The lowest BCUT2D eigenvalue weighted by atomic mass is 10.0. The van der Waals surface area contributed by atoms with E-state index in [9.17, 15) is 0 Å². The summed E-state index contributed by atoms with van der Waals surface area (Å²) >= 11 is 0. The molecule has 2 aromatic carbocycles. The summed E-state index contributed by atoms with van der Waals surface area (Å²) in [6.45, 7) is 1.06. The molecule has 1 unspecified atom stereocenters. The van der Waals surface area contributed by atoms with Crippen molar-refractivity contribution in [3.8, 4) is 22.6 Å². The van der Waals surface area contributed by atoms with Crippen molar-refractivity contribution in [1.82, 2.24) is 15.1 Å². The number of hydrogen-bond acceptors (Lipinski definition) is 3. The van der Waals surface area contributed by atoms with Gasteiger partial charge in [0.15, 0.2) is 0 Å². The van der Waals surface area contributed by atoms with E-state index in [0.29, 0.717) is 6.04 Å². The minimum atomic E-state index is 0.328. The molecule has 2 heterocycles. The molecule has 1 atom stereocenters. The average molecular weight is 319 g/mol. The van der Waals surface area contributed by atoms with E-state index in [1.165, 1.54) is 12.1 Å².